The number of halogens is 1. The summed E-state index contributed by atoms with van der Waals surface area (Å²) in [7, 11) is 0. The standard InChI is InChI=1S/C11H13ClO2/c12-10-3-1-8(2-4-10)11-5-9(11)6-14-7-13/h1-4,9,11,13H,5-7H2/t9-,11+/m0/s1. The van der Waals surface area contributed by atoms with Crippen LogP contribution in [0.5, 0.6) is 0 Å². The van der Waals surface area contributed by atoms with E-state index in [1.165, 1.54) is 5.56 Å². The average Bonchev–Trinajstić information content (AvgIpc) is 2.95. The molecule has 0 unspecified atom stereocenters. The van der Waals surface area contributed by atoms with Gasteiger partial charge in [0.2, 0.25) is 0 Å². The number of ether oxygens (including phenoxy) is 1. The highest BCUT2D eigenvalue weighted by molar-refractivity contribution is 6.30. The Bertz CT molecular complexity index is 297. The molecule has 1 aromatic rings. The Kier molecular flexibility index (Phi) is 3.06. The second-order valence-electron chi connectivity index (χ2n) is 3.65. The van der Waals surface area contributed by atoms with Crippen LogP contribution in [0.4, 0.5) is 0 Å². The number of hydrogen-bond donors (Lipinski definition) is 1. The predicted octanol–water partition coefficient (Wildman–Crippen LogP) is 2.41. The van der Waals surface area contributed by atoms with Gasteiger partial charge in [0.15, 0.2) is 0 Å². The van der Waals surface area contributed by atoms with E-state index in [9.17, 15) is 0 Å². The fourth-order valence-electron chi connectivity index (χ4n) is 1.75. The van der Waals surface area contributed by atoms with Crippen LogP contribution in [-0.4, -0.2) is 18.5 Å². The maximum Gasteiger partial charge on any atom is 0.143 e. The minimum Gasteiger partial charge on any atom is -0.371 e. The van der Waals surface area contributed by atoms with Crippen LogP contribution >= 0.6 is 11.6 Å². The third kappa shape index (κ3) is 2.27. The monoisotopic (exact) mass is 212 g/mol. The Morgan fingerprint density at radius 3 is 2.71 bits per heavy atom. The number of hydrogen-bond acceptors (Lipinski definition) is 2. The first-order chi connectivity index (χ1) is 6.81. The Balaban J connectivity index is 1.89. The van der Waals surface area contributed by atoms with Crippen LogP contribution in [0.3, 0.4) is 0 Å². The minimum absolute atomic E-state index is 0.177. The molecule has 0 aromatic heterocycles. The maximum atomic E-state index is 8.50. The smallest absolute Gasteiger partial charge is 0.143 e. The average molecular weight is 213 g/mol. The fraction of sp³-hybridized carbons (Fsp3) is 0.455. The molecule has 3 heteroatoms. The fourth-order valence-corrected chi connectivity index (χ4v) is 1.88. The summed E-state index contributed by atoms with van der Waals surface area (Å²) in [5.41, 5.74) is 1.32. The van der Waals surface area contributed by atoms with E-state index in [1.807, 2.05) is 12.1 Å². The van der Waals surface area contributed by atoms with Crippen molar-refractivity contribution in [2.24, 2.45) is 5.92 Å². The van der Waals surface area contributed by atoms with E-state index in [4.69, 9.17) is 21.4 Å². The lowest BCUT2D eigenvalue weighted by Gasteiger charge is -2.00. The molecular weight excluding hydrogens is 200 g/mol. The van der Waals surface area contributed by atoms with Crippen molar-refractivity contribution < 1.29 is 9.84 Å². The van der Waals surface area contributed by atoms with Gasteiger partial charge in [-0.25, -0.2) is 0 Å². The maximum absolute atomic E-state index is 8.50. The first-order valence-electron chi connectivity index (χ1n) is 4.75. The van der Waals surface area contributed by atoms with Gasteiger partial charge in [0.25, 0.3) is 0 Å². The van der Waals surface area contributed by atoms with Crippen LogP contribution in [0, 0.1) is 5.92 Å². The number of aliphatic hydroxyl groups is 1. The lowest BCUT2D eigenvalue weighted by molar-refractivity contribution is -0.00674. The number of benzene rings is 1. The van der Waals surface area contributed by atoms with Crippen LogP contribution in [0.2, 0.25) is 5.02 Å². The van der Waals surface area contributed by atoms with Crippen molar-refractivity contribution in [3.8, 4) is 0 Å². The molecule has 76 valence electrons. The van der Waals surface area contributed by atoms with Gasteiger partial charge in [-0.05, 0) is 36.0 Å². The zero-order valence-corrected chi connectivity index (χ0v) is 8.57. The summed E-state index contributed by atoms with van der Waals surface area (Å²) in [5.74, 6) is 1.17. The van der Waals surface area contributed by atoms with Gasteiger partial charge in [-0.1, -0.05) is 23.7 Å². The summed E-state index contributed by atoms with van der Waals surface area (Å²) in [4.78, 5) is 0. The summed E-state index contributed by atoms with van der Waals surface area (Å²) in [6.07, 6.45) is 1.15. The molecule has 1 aliphatic rings. The molecule has 1 saturated carbocycles. The third-order valence-electron chi connectivity index (χ3n) is 2.64. The normalized spacial score (nSPS) is 25.0. The summed E-state index contributed by atoms with van der Waals surface area (Å²) in [5, 5.41) is 9.27. The molecule has 0 spiro atoms. The molecule has 2 rings (SSSR count). The van der Waals surface area contributed by atoms with E-state index in [1.54, 1.807) is 0 Å². The lowest BCUT2D eigenvalue weighted by atomic mass is 10.1. The van der Waals surface area contributed by atoms with Gasteiger partial charge in [0.1, 0.15) is 6.79 Å². The second-order valence-corrected chi connectivity index (χ2v) is 4.09. The SMILES string of the molecule is OCOC[C@@H]1C[C@@H]1c1ccc(Cl)cc1. The Morgan fingerprint density at radius 1 is 1.36 bits per heavy atom. The lowest BCUT2D eigenvalue weighted by Crippen LogP contribution is -1.98. The Hall–Kier alpha value is -0.570. The zero-order valence-electron chi connectivity index (χ0n) is 7.82. The Labute approximate surface area is 88.5 Å². The van der Waals surface area contributed by atoms with Crippen molar-refractivity contribution >= 4 is 11.6 Å². The topological polar surface area (TPSA) is 29.5 Å². The van der Waals surface area contributed by atoms with Crippen molar-refractivity contribution in [3.05, 3.63) is 34.9 Å². The molecule has 1 aromatic carbocycles. The van der Waals surface area contributed by atoms with Gasteiger partial charge >= 0.3 is 0 Å². The van der Waals surface area contributed by atoms with E-state index < -0.39 is 0 Å². The van der Waals surface area contributed by atoms with Crippen LogP contribution in [-0.2, 0) is 4.74 Å². The summed E-state index contributed by atoms with van der Waals surface area (Å²) < 4.78 is 4.96. The molecule has 1 fully saturated rings. The van der Waals surface area contributed by atoms with Gasteiger partial charge in [-0.15, -0.1) is 0 Å². The van der Waals surface area contributed by atoms with Gasteiger partial charge in [-0.2, -0.15) is 0 Å². The molecule has 0 amide bonds. The van der Waals surface area contributed by atoms with Crippen LogP contribution in [0.1, 0.15) is 17.9 Å². The highest BCUT2D eigenvalue weighted by Gasteiger charge is 2.38. The predicted molar refractivity (Wildman–Crippen MR) is 55.3 cm³/mol. The third-order valence-corrected chi connectivity index (χ3v) is 2.90. The van der Waals surface area contributed by atoms with E-state index in [2.05, 4.69) is 12.1 Å². The van der Waals surface area contributed by atoms with Gasteiger partial charge in [-0.3, -0.25) is 0 Å². The molecule has 1 N–H and O–H groups in total. The van der Waals surface area contributed by atoms with Crippen LogP contribution in [0.25, 0.3) is 0 Å². The van der Waals surface area contributed by atoms with Crippen molar-refractivity contribution in [2.75, 3.05) is 13.4 Å². The molecule has 2 nitrogen and oxygen atoms in total. The molecule has 0 heterocycles. The summed E-state index contributed by atoms with van der Waals surface area (Å²) in [6.45, 7) is 0.480. The Morgan fingerprint density at radius 2 is 2.07 bits per heavy atom. The molecule has 0 radical (unpaired) electrons. The van der Waals surface area contributed by atoms with Crippen LogP contribution in [0.15, 0.2) is 24.3 Å². The minimum atomic E-state index is -0.177. The van der Waals surface area contributed by atoms with Gasteiger partial charge < -0.3 is 9.84 Å². The molecule has 14 heavy (non-hydrogen) atoms. The molecule has 0 saturated heterocycles. The number of rotatable bonds is 4. The molecular formula is C11H13ClO2. The summed E-state index contributed by atoms with van der Waals surface area (Å²) >= 11 is 5.80. The van der Waals surface area contributed by atoms with Gasteiger partial charge in [0.05, 0.1) is 6.61 Å². The first kappa shape index (κ1) is 9.97. The summed E-state index contributed by atoms with van der Waals surface area (Å²) in [6, 6.07) is 7.95. The second kappa shape index (κ2) is 4.30. The van der Waals surface area contributed by atoms with Crippen molar-refractivity contribution in [2.45, 2.75) is 12.3 Å². The zero-order chi connectivity index (χ0) is 9.97. The van der Waals surface area contributed by atoms with E-state index >= 15 is 0 Å². The highest BCUT2D eigenvalue weighted by atomic mass is 35.5. The van der Waals surface area contributed by atoms with Crippen molar-refractivity contribution in [1.29, 1.82) is 0 Å². The first-order valence-corrected chi connectivity index (χ1v) is 5.13. The molecule has 2 atom stereocenters. The van der Waals surface area contributed by atoms with Crippen molar-refractivity contribution in [3.63, 3.8) is 0 Å². The van der Waals surface area contributed by atoms with Crippen molar-refractivity contribution in [1.82, 2.24) is 0 Å². The highest BCUT2D eigenvalue weighted by Crippen LogP contribution is 2.47. The van der Waals surface area contributed by atoms with E-state index in [-0.39, 0.29) is 6.79 Å². The quantitative estimate of drug-likeness (QED) is 0.777. The van der Waals surface area contributed by atoms with E-state index in [0.717, 1.165) is 11.4 Å². The molecule has 0 bridgehead atoms. The van der Waals surface area contributed by atoms with Gasteiger partial charge in [0, 0.05) is 5.02 Å². The number of aliphatic hydroxyl groups excluding tert-OH is 1. The largest absolute Gasteiger partial charge is 0.371 e. The van der Waals surface area contributed by atoms with E-state index in [0.29, 0.717) is 18.4 Å². The molecule has 1 aliphatic carbocycles. The van der Waals surface area contributed by atoms with Crippen LogP contribution < -0.4 is 0 Å². The molecule has 0 aliphatic heterocycles.